The quantitative estimate of drug-likeness (QED) is 0.681. The highest BCUT2D eigenvalue weighted by molar-refractivity contribution is 5.26. The Balaban J connectivity index is 2.22. The Morgan fingerprint density at radius 2 is 1.64 bits per heavy atom. The lowest BCUT2D eigenvalue weighted by Crippen LogP contribution is -2.29. The first-order valence-corrected chi connectivity index (χ1v) is 5.08. The van der Waals surface area contributed by atoms with E-state index in [0.717, 1.165) is 6.42 Å². The molecular weight excluding hydrogens is 176 g/mol. The lowest BCUT2D eigenvalue weighted by Gasteiger charge is -2.26. The van der Waals surface area contributed by atoms with Gasteiger partial charge in [0.15, 0.2) is 5.79 Å². The molecule has 0 radical (unpaired) electrons. The fourth-order valence-corrected chi connectivity index (χ4v) is 1.55. The van der Waals surface area contributed by atoms with Crippen molar-refractivity contribution in [2.75, 3.05) is 0 Å². The fraction of sp³-hybridized carbons (Fsp3) is 0.500. The molecule has 0 amide bonds. The van der Waals surface area contributed by atoms with Crippen molar-refractivity contribution in [1.82, 2.24) is 0 Å². The summed E-state index contributed by atoms with van der Waals surface area (Å²) in [5, 5.41) is 0. The first-order chi connectivity index (χ1) is 6.73. The third kappa shape index (κ3) is 1.81. The second kappa shape index (κ2) is 3.71. The van der Waals surface area contributed by atoms with E-state index in [4.69, 9.17) is 9.47 Å². The van der Waals surface area contributed by atoms with E-state index in [9.17, 15) is 0 Å². The summed E-state index contributed by atoms with van der Waals surface area (Å²) in [4.78, 5) is 0. The van der Waals surface area contributed by atoms with Crippen LogP contribution >= 0.6 is 0 Å². The standard InChI is InChI=1S/C12H16O2/c1-3-12(2)13-8-10-6-4-5-7-11(10)9-14-12/h4-7H,3,8-9H2,1-2H3. The van der Waals surface area contributed by atoms with Gasteiger partial charge in [-0.3, -0.25) is 0 Å². The summed E-state index contributed by atoms with van der Waals surface area (Å²) in [7, 11) is 0. The molecule has 76 valence electrons. The van der Waals surface area contributed by atoms with E-state index in [-0.39, 0.29) is 0 Å². The van der Waals surface area contributed by atoms with Gasteiger partial charge in [0.1, 0.15) is 0 Å². The average Bonchev–Trinajstić information content (AvgIpc) is 2.40. The third-order valence-electron chi connectivity index (χ3n) is 2.83. The van der Waals surface area contributed by atoms with Crippen LogP contribution in [0.4, 0.5) is 0 Å². The van der Waals surface area contributed by atoms with Crippen LogP contribution in [0.5, 0.6) is 0 Å². The molecule has 1 aromatic rings. The number of hydrogen-bond acceptors (Lipinski definition) is 2. The molecule has 0 saturated heterocycles. The van der Waals surface area contributed by atoms with Gasteiger partial charge in [-0.05, 0) is 24.5 Å². The Labute approximate surface area is 84.8 Å². The number of rotatable bonds is 1. The van der Waals surface area contributed by atoms with Crippen LogP contribution in [0.25, 0.3) is 0 Å². The van der Waals surface area contributed by atoms with Crippen molar-refractivity contribution >= 4 is 0 Å². The van der Waals surface area contributed by atoms with Crippen LogP contribution in [0.1, 0.15) is 31.4 Å². The van der Waals surface area contributed by atoms with Crippen molar-refractivity contribution in [3.63, 3.8) is 0 Å². The lowest BCUT2D eigenvalue weighted by molar-refractivity contribution is -0.233. The van der Waals surface area contributed by atoms with E-state index in [1.165, 1.54) is 11.1 Å². The van der Waals surface area contributed by atoms with Crippen molar-refractivity contribution in [3.05, 3.63) is 35.4 Å². The molecule has 1 aromatic carbocycles. The Morgan fingerprint density at radius 1 is 1.14 bits per heavy atom. The molecule has 0 unspecified atom stereocenters. The first kappa shape index (κ1) is 9.69. The third-order valence-corrected chi connectivity index (χ3v) is 2.83. The van der Waals surface area contributed by atoms with Crippen molar-refractivity contribution in [3.8, 4) is 0 Å². The van der Waals surface area contributed by atoms with Gasteiger partial charge in [0, 0.05) is 0 Å². The monoisotopic (exact) mass is 192 g/mol. The van der Waals surface area contributed by atoms with E-state index < -0.39 is 5.79 Å². The topological polar surface area (TPSA) is 18.5 Å². The SMILES string of the molecule is CCC1(C)OCc2ccccc2CO1. The molecule has 2 rings (SSSR count). The van der Waals surface area contributed by atoms with Gasteiger partial charge in [-0.2, -0.15) is 0 Å². The minimum Gasteiger partial charge on any atom is -0.346 e. The van der Waals surface area contributed by atoms with Gasteiger partial charge < -0.3 is 9.47 Å². The Hall–Kier alpha value is -0.860. The molecule has 0 aliphatic carbocycles. The van der Waals surface area contributed by atoms with Crippen LogP contribution < -0.4 is 0 Å². The molecule has 14 heavy (non-hydrogen) atoms. The second-order valence-electron chi connectivity index (χ2n) is 3.83. The lowest BCUT2D eigenvalue weighted by atomic mass is 10.1. The maximum absolute atomic E-state index is 5.74. The van der Waals surface area contributed by atoms with Crippen LogP contribution in [0.2, 0.25) is 0 Å². The normalized spacial score (nSPS) is 19.9. The Bertz CT molecular complexity index is 293. The van der Waals surface area contributed by atoms with E-state index in [0.29, 0.717) is 13.2 Å². The summed E-state index contributed by atoms with van der Waals surface area (Å²) in [6.07, 6.45) is 0.876. The number of fused-ring (bicyclic) bond motifs is 1. The summed E-state index contributed by atoms with van der Waals surface area (Å²) in [5.41, 5.74) is 2.48. The molecule has 1 aliphatic rings. The van der Waals surface area contributed by atoms with E-state index in [2.05, 4.69) is 19.1 Å². The number of benzene rings is 1. The van der Waals surface area contributed by atoms with Crippen LogP contribution in [0.3, 0.4) is 0 Å². The molecule has 2 nitrogen and oxygen atoms in total. The molecule has 0 bridgehead atoms. The zero-order valence-corrected chi connectivity index (χ0v) is 8.75. The maximum atomic E-state index is 5.74. The Kier molecular flexibility index (Phi) is 2.57. The van der Waals surface area contributed by atoms with Gasteiger partial charge in [-0.1, -0.05) is 31.2 Å². The molecule has 0 fully saturated rings. The van der Waals surface area contributed by atoms with Crippen molar-refractivity contribution < 1.29 is 9.47 Å². The van der Waals surface area contributed by atoms with Gasteiger partial charge in [-0.25, -0.2) is 0 Å². The summed E-state index contributed by atoms with van der Waals surface area (Å²) >= 11 is 0. The van der Waals surface area contributed by atoms with Gasteiger partial charge in [0.25, 0.3) is 0 Å². The van der Waals surface area contributed by atoms with E-state index in [1.807, 2.05) is 19.1 Å². The largest absolute Gasteiger partial charge is 0.346 e. The minimum absolute atomic E-state index is 0.418. The van der Waals surface area contributed by atoms with Crippen molar-refractivity contribution in [1.29, 1.82) is 0 Å². The highest BCUT2D eigenvalue weighted by Gasteiger charge is 2.26. The molecule has 1 heterocycles. The predicted molar refractivity (Wildman–Crippen MR) is 54.7 cm³/mol. The van der Waals surface area contributed by atoms with Crippen LogP contribution in [-0.2, 0) is 22.7 Å². The van der Waals surface area contributed by atoms with Gasteiger partial charge in [0.2, 0.25) is 0 Å². The molecule has 0 saturated carbocycles. The molecule has 0 spiro atoms. The summed E-state index contributed by atoms with van der Waals surface area (Å²) < 4.78 is 11.5. The Morgan fingerprint density at radius 3 is 2.07 bits per heavy atom. The van der Waals surface area contributed by atoms with Gasteiger partial charge in [0.05, 0.1) is 13.2 Å². The van der Waals surface area contributed by atoms with Crippen molar-refractivity contribution in [2.45, 2.75) is 39.3 Å². The smallest absolute Gasteiger partial charge is 0.166 e. The maximum Gasteiger partial charge on any atom is 0.166 e. The number of hydrogen-bond donors (Lipinski definition) is 0. The van der Waals surface area contributed by atoms with Crippen LogP contribution in [-0.4, -0.2) is 5.79 Å². The molecular formula is C12H16O2. The summed E-state index contributed by atoms with van der Waals surface area (Å²) in [6, 6.07) is 8.27. The second-order valence-corrected chi connectivity index (χ2v) is 3.83. The van der Waals surface area contributed by atoms with Gasteiger partial charge in [-0.15, -0.1) is 0 Å². The van der Waals surface area contributed by atoms with Crippen LogP contribution in [0, 0.1) is 0 Å². The highest BCUT2D eigenvalue weighted by atomic mass is 16.7. The minimum atomic E-state index is -0.418. The number of ether oxygens (including phenoxy) is 2. The molecule has 0 aromatic heterocycles. The van der Waals surface area contributed by atoms with E-state index >= 15 is 0 Å². The zero-order chi connectivity index (χ0) is 10.0. The molecule has 0 atom stereocenters. The summed E-state index contributed by atoms with van der Waals surface area (Å²) in [6.45, 7) is 5.38. The molecule has 2 heteroatoms. The highest BCUT2D eigenvalue weighted by Crippen LogP contribution is 2.26. The van der Waals surface area contributed by atoms with Crippen LogP contribution in [0.15, 0.2) is 24.3 Å². The first-order valence-electron chi connectivity index (χ1n) is 5.08. The van der Waals surface area contributed by atoms with Crippen molar-refractivity contribution in [2.24, 2.45) is 0 Å². The average molecular weight is 192 g/mol. The van der Waals surface area contributed by atoms with E-state index in [1.54, 1.807) is 0 Å². The molecule has 0 N–H and O–H groups in total. The predicted octanol–water partition coefficient (Wildman–Crippen LogP) is 2.86. The van der Waals surface area contributed by atoms with Gasteiger partial charge >= 0.3 is 0 Å². The summed E-state index contributed by atoms with van der Waals surface area (Å²) in [5.74, 6) is -0.418. The molecule has 1 aliphatic heterocycles. The fourth-order valence-electron chi connectivity index (χ4n) is 1.55. The zero-order valence-electron chi connectivity index (χ0n) is 8.75.